The van der Waals surface area contributed by atoms with Crippen molar-refractivity contribution in [3.63, 3.8) is 0 Å². The summed E-state index contributed by atoms with van der Waals surface area (Å²) in [6.07, 6.45) is 0.0627. The number of nitrogens with one attached hydrogen (secondary N) is 1. The fraction of sp³-hybridized carbons (Fsp3) is 0.579. The molecule has 2 N–H and O–H groups in total. The highest BCUT2D eigenvalue weighted by molar-refractivity contribution is 5.94. The molecule has 0 heterocycles. The standard InChI is InChI=1S/C19H28N2O9/c1-3-28-13-30-12-16(10-15(19(23)24)11-29-9-8-27-2)20-18(22)14-4-6-17(7-5-14)21(25)26/h4-7,15-16H,3,8-13H2,1-2H3,(H,20,22)(H,23,24). The summed E-state index contributed by atoms with van der Waals surface area (Å²) in [5.74, 6) is -2.44. The van der Waals surface area contributed by atoms with Crippen LogP contribution < -0.4 is 5.32 Å². The maximum absolute atomic E-state index is 12.5. The van der Waals surface area contributed by atoms with Crippen LogP contribution >= 0.6 is 0 Å². The second kappa shape index (κ2) is 14.4. The third kappa shape index (κ3) is 9.74. The Balaban J connectivity index is 2.77. The van der Waals surface area contributed by atoms with E-state index in [2.05, 4.69) is 5.32 Å². The van der Waals surface area contributed by atoms with E-state index in [-0.39, 0.29) is 44.3 Å². The number of carboxylic acid groups (broad SMARTS) is 1. The predicted molar refractivity (Wildman–Crippen MR) is 105 cm³/mol. The quantitative estimate of drug-likeness (QED) is 0.173. The first-order chi connectivity index (χ1) is 14.4. The summed E-state index contributed by atoms with van der Waals surface area (Å²) in [6, 6.07) is 4.46. The highest BCUT2D eigenvalue weighted by atomic mass is 16.7. The summed E-state index contributed by atoms with van der Waals surface area (Å²) in [7, 11) is 1.51. The summed E-state index contributed by atoms with van der Waals surface area (Å²) in [5, 5.41) is 22.9. The monoisotopic (exact) mass is 428 g/mol. The van der Waals surface area contributed by atoms with E-state index < -0.39 is 28.8 Å². The molecule has 30 heavy (non-hydrogen) atoms. The molecule has 0 aliphatic carbocycles. The lowest BCUT2D eigenvalue weighted by atomic mass is 10.0. The lowest BCUT2D eigenvalue weighted by Crippen LogP contribution is -2.41. The Morgan fingerprint density at radius 2 is 1.83 bits per heavy atom. The molecule has 2 unspecified atom stereocenters. The zero-order valence-corrected chi connectivity index (χ0v) is 17.1. The lowest BCUT2D eigenvalue weighted by molar-refractivity contribution is -0.384. The van der Waals surface area contributed by atoms with Gasteiger partial charge in [-0.25, -0.2) is 0 Å². The van der Waals surface area contributed by atoms with Gasteiger partial charge in [-0.05, 0) is 25.5 Å². The summed E-state index contributed by atoms with van der Waals surface area (Å²) in [5.41, 5.74) is 0.0703. The van der Waals surface area contributed by atoms with Crippen molar-refractivity contribution < 1.29 is 38.6 Å². The normalized spacial score (nSPS) is 12.9. The Bertz CT molecular complexity index is 666. The minimum Gasteiger partial charge on any atom is -0.481 e. The first kappa shape index (κ1) is 25.4. The second-order valence-corrected chi connectivity index (χ2v) is 6.29. The number of aliphatic carboxylic acids is 1. The molecule has 0 aromatic heterocycles. The van der Waals surface area contributed by atoms with Crippen LogP contribution in [-0.2, 0) is 23.7 Å². The highest BCUT2D eigenvalue weighted by Gasteiger charge is 2.25. The molecule has 0 saturated heterocycles. The third-order valence-corrected chi connectivity index (χ3v) is 4.03. The van der Waals surface area contributed by atoms with Gasteiger partial charge in [-0.1, -0.05) is 0 Å². The summed E-state index contributed by atoms with van der Waals surface area (Å²) >= 11 is 0. The van der Waals surface area contributed by atoms with Gasteiger partial charge >= 0.3 is 5.97 Å². The molecule has 11 heteroatoms. The molecule has 168 valence electrons. The van der Waals surface area contributed by atoms with Crippen LogP contribution in [-0.4, -0.2) is 74.9 Å². The maximum Gasteiger partial charge on any atom is 0.308 e. The van der Waals surface area contributed by atoms with E-state index in [1.807, 2.05) is 0 Å². The molecule has 0 saturated carbocycles. The zero-order chi connectivity index (χ0) is 22.4. The molecule has 0 aliphatic heterocycles. The largest absolute Gasteiger partial charge is 0.481 e. The van der Waals surface area contributed by atoms with E-state index in [0.29, 0.717) is 13.2 Å². The number of non-ortho nitro benzene ring substituents is 1. The van der Waals surface area contributed by atoms with Crippen molar-refractivity contribution in [2.24, 2.45) is 5.92 Å². The first-order valence-corrected chi connectivity index (χ1v) is 9.39. The summed E-state index contributed by atoms with van der Waals surface area (Å²) in [6.45, 7) is 2.82. The molecular formula is C19H28N2O9. The number of carbonyl (C=O) groups excluding carboxylic acids is 1. The molecule has 1 rings (SSSR count). The number of hydrogen-bond acceptors (Lipinski definition) is 8. The minimum atomic E-state index is -1.06. The van der Waals surface area contributed by atoms with Crippen molar-refractivity contribution in [2.75, 3.05) is 46.9 Å². The van der Waals surface area contributed by atoms with Crippen LogP contribution in [0.1, 0.15) is 23.7 Å². The lowest BCUT2D eigenvalue weighted by Gasteiger charge is -2.22. The van der Waals surface area contributed by atoms with E-state index in [0.717, 1.165) is 0 Å². The Hall–Kier alpha value is -2.60. The summed E-state index contributed by atoms with van der Waals surface area (Å²) in [4.78, 5) is 34.3. The molecule has 1 amide bonds. The van der Waals surface area contributed by atoms with Gasteiger partial charge in [-0.3, -0.25) is 19.7 Å². The van der Waals surface area contributed by atoms with Gasteiger partial charge in [0.05, 0.1) is 43.3 Å². The number of carboxylic acids is 1. The van der Waals surface area contributed by atoms with Crippen LogP contribution in [0.25, 0.3) is 0 Å². The maximum atomic E-state index is 12.5. The number of carbonyl (C=O) groups is 2. The van der Waals surface area contributed by atoms with Gasteiger partial charge < -0.3 is 29.4 Å². The van der Waals surface area contributed by atoms with E-state index in [4.69, 9.17) is 18.9 Å². The summed E-state index contributed by atoms with van der Waals surface area (Å²) < 4.78 is 20.6. The van der Waals surface area contributed by atoms with E-state index in [1.54, 1.807) is 6.92 Å². The van der Waals surface area contributed by atoms with Gasteiger partial charge in [0.15, 0.2) is 0 Å². The number of rotatable bonds is 16. The molecule has 11 nitrogen and oxygen atoms in total. The molecule has 1 aromatic rings. The average molecular weight is 428 g/mol. The predicted octanol–water partition coefficient (Wildman–Crippen LogP) is 1.46. The van der Waals surface area contributed by atoms with Crippen molar-refractivity contribution in [2.45, 2.75) is 19.4 Å². The molecule has 0 spiro atoms. The zero-order valence-electron chi connectivity index (χ0n) is 17.1. The smallest absolute Gasteiger partial charge is 0.308 e. The van der Waals surface area contributed by atoms with Crippen LogP contribution in [0, 0.1) is 16.0 Å². The Labute approximate surface area is 174 Å². The van der Waals surface area contributed by atoms with Crippen molar-refractivity contribution in [3.05, 3.63) is 39.9 Å². The molecule has 2 atom stereocenters. The number of methoxy groups -OCH3 is 1. The topological polar surface area (TPSA) is 146 Å². The van der Waals surface area contributed by atoms with Gasteiger partial charge in [0.1, 0.15) is 6.79 Å². The van der Waals surface area contributed by atoms with Gasteiger partial charge in [-0.15, -0.1) is 0 Å². The number of benzene rings is 1. The van der Waals surface area contributed by atoms with Crippen molar-refractivity contribution in [3.8, 4) is 0 Å². The SMILES string of the molecule is CCOCOCC(CC(COCCOC)C(=O)O)NC(=O)c1ccc([N+](=O)[O-])cc1. The van der Waals surface area contributed by atoms with Crippen molar-refractivity contribution in [1.82, 2.24) is 5.32 Å². The van der Waals surface area contributed by atoms with E-state index >= 15 is 0 Å². The Morgan fingerprint density at radius 1 is 1.13 bits per heavy atom. The van der Waals surface area contributed by atoms with Gasteiger partial charge in [0, 0.05) is 31.4 Å². The Kier molecular flexibility index (Phi) is 12.2. The van der Waals surface area contributed by atoms with Crippen LogP contribution in [0.15, 0.2) is 24.3 Å². The number of nitrogens with zero attached hydrogens (tertiary/aromatic N) is 1. The molecule has 0 radical (unpaired) electrons. The second-order valence-electron chi connectivity index (χ2n) is 6.29. The highest BCUT2D eigenvalue weighted by Crippen LogP contribution is 2.14. The molecular weight excluding hydrogens is 400 g/mol. The fourth-order valence-electron chi connectivity index (χ4n) is 2.46. The average Bonchev–Trinajstić information content (AvgIpc) is 2.72. The van der Waals surface area contributed by atoms with Crippen LogP contribution in [0.5, 0.6) is 0 Å². The van der Waals surface area contributed by atoms with Crippen LogP contribution in [0.3, 0.4) is 0 Å². The molecule has 0 bridgehead atoms. The van der Waals surface area contributed by atoms with Gasteiger partial charge in [-0.2, -0.15) is 0 Å². The third-order valence-electron chi connectivity index (χ3n) is 4.03. The van der Waals surface area contributed by atoms with Crippen LogP contribution in [0.4, 0.5) is 5.69 Å². The van der Waals surface area contributed by atoms with E-state index in [9.17, 15) is 24.8 Å². The molecule has 0 fully saturated rings. The first-order valence-electron chi connectivity index (χ1n) is 9.39. The minimum absolute atomic E-state index is 0.00246. The number of nitro groups is 1. The number of ether oxygens (including phenoxy) is 4. The number of amides is 1. The number of hydrogen-bond donors (Lipinski definition) is 2. The van der Waals surface area contributed by atoms with Gasteiger partial charge in [0.2, 0.25) is 0 Å². The molecule has 1 aromatic carbocycles. The van der Waals surface area contributed by atoms with E-state index in [1.165, 1.54) is 31.4 Å². The van der Waals surface area contributed by atoms with Gasteiger partial charge in [0.25, 0.3) is 11.6 Å². The fourth-order valence-corrected chi connectivity index (χ4v) is 2.46. The molecule has 0 aliphatic rings. The number of nitro benzene ring substituents is 1. The Morgan fingerprint density at radius 3 is 2.40 bits per heavy atom. The van der Waals surface area contributed by atoms with Crippen molar-refractivity contribution >= 4 is 17.6 Å². The van der Waals surface area contributed by atoms with Crippen LogP contribution in [0.2, 0.25) is 0 Å². The van der Waals surface area contributed by atoms with Crippen molar-refractivity contribution in [1.29, 1.82) is 0 Å².